The summed E-state index contributed by atoms with van der Waals surface area (Å²) < 4.78 is 4.99. The Morgan fingerprint density at radius 2 is 2.23 bits per heavy atom. The standard InChI is InChI=1S/C7H10N4O2/c1-2-13-7-9-3-5(4-10-7)6(12)11-8/h3-4H,2,8H2,1H3,(H,11,12). The van der Waals surface area contributed by atoms with E-state index >= 15 is 0 Å². The molecule has 1 rings (SSSR count). The van der Waals surface area contributed by atoms with E-state index in [1.54, 1.807) is 0 Å². The average molecular weight is 182 g/mol. The van der Waals surface area contributed by atoms with Crippen molar-refractivity contribution in [3.05, 3.63) is 18.0 Å². The second-order valence-electron chi connectivity index (χ2n) is 2.16. The van der Waals surface area contributed by atoms with Gasteiger partial charge in [0.05, 0.1) is 12.2 Å². The summed E-state index contributed by atoms with van der Waals surface area (Å²) in [6, 6.07) is 0.246. The number of hydrogen-bond donors (Lipinski definition) is 2. The summed E-state index contributed by atoms with van der Waals surface area (Å²) in [5, 5.41) is 0. The number of hydrogen-bond acceptors (Lipinski definition) is 5. The Morgan fingerprint density at radius 3 is 2.69 bits per heavy atom. The second kappa shape index (κ2) is 4.36. The van der Waals surface area contributed by atoms with Crippen LogP contribution in [0, 0.1) is 0 Å². The van der Waals surface area contributed by atoms with E-state index in [1.807, 2.05) is 12.3 Å². The summed E-state index contributed by atoms with van der Waals surface area (Å²) in [6.07, 6.45) is 2.69. The molecule has 0 spiro atoms. The Bertz CT molecular complexity index is 285. The van der Waals surface area contributed by atoms with Gasteiger partial charge in [0.25, 0.3) is 5.91 Å². The highest BCUT2D eigenvalue weighted by molar-refractivity contribution is 5.93. The lowest BCUT2D eigenvalue weighted by molar-refractivity contribution is 0.0952. The summed E-state index contributed by atoms with van der Waals surface area (Å²) in [5.74, 6) is 4.49. The highest BCUT2D eigenvalue weighted by Gasteiger charge is 2.04. The lowest BCUT2D eigenvalue weighted by Crippen LogP contribution is -2.30. The predicted molar refractivity (Wildman–Crippen MR) is 44.9 cm³/mol. The van der Waals surface area contributed by atoms with Crippen molar-refractivity contribution in [3.63, 3.8) is 0 Å². The molecule has 0 atom stereocenters. The number of rotatable bonds is 3. The predicted octanol–water partition coefficient (Wildman–Crippen LogP) is -0.521. The number of ether oxygens (including phenoxy) is 1. The van der Waals surface area contributed by atoms with E-state index in [0.717, 1.165) is 0 Å². The van der Waals surface area contributed by atoms with Crippen molar-refractivity contribution in [2.24, 2.45) is 5.84 Å². The van der Waals surface area contributed by atoms with E-state index in [1.165, 1.54) is 12.4 Å². The summed E-state index contributed by atoms with van der Waals surface area (Å²) in [4.78, 5) is 18.5. The van der Waals surface area contributed by atoms with Crippen LogP contribution in [0.1, 0.15) is 17.3 Å². The van der Waals surface area contributed by atoms with Gasteiger partial charge < -0.3 is 4.74 Å². The second-order valence-corrected chi connectivity index (χ2v) is 2.16. The van der Waals surface area contributed by atoms with E-state index in [4.69, 9.17) is 10.6 Å². The maximum Gasteiger partial charge on any atom is 0.316 e. The Labute approximate surface area is 75.1 Å². The van der Waals surface area contributed by atoms with Crippen LogP contribution in [0.15, 0.2) is 12.4 Å². The minimum absolute atomic E-state index is 0.246. The number of nitrogens with zero attached hydrogens (tertiary/aromatic N) is 2. The molecule has 0 aliphatic carbocycles. The summed E-state index contributed by atoms with van der Waals surface area (Å²) in [6.45, 7) is 2.31. The van der Waals surface area contributed by atoms with Crippen LogP contribution in [0.2, 0.25) is 0 Å². The van der Waals surface area contributed by atoms with E-state index in [9.17, 15) is 4.79 Å². The van der Waals surface area contributed by atoms with Gasteiger partial charge in [-0.2, -0.15) is 0 Å². The lowest BCUT2D eigenvalue weighted by atomic mass is 10.3. The van der Waals surface area contributed by atoms with Crippen molar-refractivity contribution >= 4 is 5.91 Å². The fourth-order valence-corrected chi connectivity index (χ4v) is 0.720. The number of nitrogens with two attached hydrogens (primary N) is 1. The topological polar surface area (TPSA) is 90.1 Å². The molecule has 0 bridgehead atoms. The summed E-state index contributed by atoms with van der Waals surface area (Å²) >= 11 is 0. The first-order valence-corrected chi connectivity index (χ1v) is 3.73. The third-order valence-electron chi connectivity index (χ3n) is 1.29. The average Bonchev–Trinajstić information content (AvgIpc) is 2.18. The quantitative estimate of drug-likeness (QED) is 0.373. The molecule has 0 fully saturated rings. The van der Waals surface area contributed by atoms with Gasteiger partial charge in [0.15, 0.2) is 0 Å². The normalized spacial score (nSPS) is 9.38. The number of nitrogen functional groups attached to an aromatic ring is 1. The molecule has 0 saturated carbocycles. The number of amides is 1. The molecular formula is C7H10N4O2. The number of carbonyl (C=O) groups is 1. The maximum absolute atomic E-state index is 10.9. The molecule has 0 aliphatic heterocycles. The van der Waals surface area contributed by atoms with Crippen LogP contribution in [0.3, 0.4) is 0 Å². The Balaban J connectivity index is 2.75. The number of nitrogens with one attached hydrogen (secondary N) is 1. The molecule has 6 nitrogen and oxygen atoms in total. The van der Waals surface area contributed by atoms with Gasteiger partial charge in [-0.25, -0.2) is 15.8 Å². The lowest BCUT2D eigenvalue weighted by Gasteiger charge is -2.01. The molecule has 1 aromatic heterocycles. The van der Waals surface area contributed by atoms with Crippen molar-refractivity contribution in [3.8, 4) is 6.01 Å². The van der Waals surface area contributed by atoms with Crippen molar-refractivity contribution in [1.82, 2.24) is 15.4 Å². The first kappa shape index (κ1) is 9.40. The van der Waals surface area contributed by atoms with Gasteiger partial charge in [-0.05, 0) is 6.92 Å². The zero-order valence-electron chi connectivity index (χ0n) is 7.15. The third kappa shape index (κ3) is 2.38. The number of aromatic nitrogens is 2. The first-order chi connectivity index (χ1) is 6.27. The van der Waals surface area contributed by atoms with E-state index in [-0.39, 0.29) is 6.01 Å². The Hall–Kier alpha value is -1.69. The fourth-order valence-electron chi connectivity index (χ4n) is 0.720. The van der Waals surface area contributed by atoms with Gasteiger partial charge in [0, 0.05) is 12.4 Å². The molecule has 13 heavy (non-hydrogen) atoms. The van der Waals surface area contributed by atoms with Crippen LogP contribution in [0.25, 0.3) is 0 Å². The first-order valence-electron chi connectivity index (χ1n) is 3.73. The maximum atomic E-state index is 10.9. The highest BCUT2D eigenvalue weighted by atomic mass is 16.5. The van der Waals surface area contributed by atoms with Crippen molar-refractivity contribution in [1.29, 1.82) is 0 Å². The molecule has 0 saturated heterocycles. The van der Waals surface area contributed by atoms with Gasteiger partial charge in [0.1, 0.15) is 0 Å². The largest absolute Gasteiger partial charge is 0.464 e. The molecule has 3 N–H and O–H groups in total. The number of hydrazine groups is 1. The zero-order chi connectivity index (χ0) is 9.68. The van der Waals surface area contributed by atoms with Crippen LogP contribution in [0.5, 0.6) is 6.01 Å². The molecule has 1 amide bonds. The van der Waals surface area contributed by atoms with Gasteiger partial charge in [-0.3, -0.25) is 10.2 Å². The van der Waals surface area contributed by atoms with Crippen LogP contribution in [-0.2, 0) is 0 Å². The third-order valence-corrected chi connectivity index (χ3v) is 1.29. The monoisotopic (exact) mass is 182 g/mol. The highest BCUT2D eigenvalue weighted by Crippen LogP contribution is 2.01. The van der Waals surface area contributed by atoms with Gasteiger partial charge in [-0.15, -0.1) is 0 Å². The van der Waals surface area contributed by atoms with E-state index < -0.39 is 5.91 Å². The molecule has 6 heteroatoms. The minimum atomic E-state index is -0.428. The molecule has 0 aliphatic rings. The molecular weight excluding hydrogens is 172 g/mol. The van der Waals surface area contributed by atoms with Crippen molar-refractivity contribution in [2.75, 3.05) is 6.61 Å². The summed E-state index contributed by atoms with van der Waals surface area (Å²) in [5.41, 5.74) is 2.27. The van der Waals surface area contributed by atoms with E-state index in [2.05, 4.69) is 9.97 Å². The van der Waals surface area contributed by atoms with Crippen molar-refractivity contribution < 1.29 is 9.53 Å². The Morgan fingerprint density at radius 1 is 1.62 bits per heavy atom. The smallest absolute Gasteiger partial charge is 0.316 e. The fraction of sp³-hybridized carbons (Fsp3) is 0.286. The van der Waals surface area contributed by atoms with Crippen LogP contribution in [0.4, 0.5) is 0 Å². The van der Waals surface area contributed by atoms with Crippen LogP contribution < -0.4 is 16.0 Å². The van der Waals surface area contributed by atoms with Crippen LogP contribution in [-0.4, -0.2) is 22.5 Å². The van der Waals surface area contributed by atoms with Gasteiger partial charge >= 0.3 is 6.01 Å². The molecule has 0 unspecified atom stereocenters. The van der Waals surface area contributed by atoms with E-state index in [0.29, 0.717) is 12.2 Å². The summed E-state index contributed by atoms with van der Waals surface area (Å²) in [7, 11) is 0. The van der Waals surface area contributed by atoms with Crippen LogP contribution >= 0.6 is 0 Å². The number of carbonyl (C=O) groups excluding carboxylic acids is 1. The minimum Gasteiger partial charge on any atom is -0.464 e. The van der Waals surface area contributed by atoms with Gasteiger partial charge in [0.2, 0.25) is 0 Å². The SMILES string of the molecule is CCOc1ncc(C(=O)NN)cn1. The van der Waals surface area contributed by atoms with Gasteiger partial charge in [-0.1, -0.05) is 0 Å². The molecule has 0 radical (unpaired) electrons. The zero-order valence-corrected chi connectivity index (χ0v) is 7.15. The molecule has 1 heterocycles. The van der Waals surface area contributed by atoms with Crippen molar-refractivity contribution in [2.45, 2.75) is 6.92 Å². The Kier molecular flexibility index (Phi) is 3.15. The molecule has 0 aromatic carbocycles. The molecule has 1 aromatic rings. The molecule has 70 valence electrons.